The molecule has 1 unspecified atom stereocenters. The van der Waals surface area contributed by atoms with Gasteiger partial charge in [0.25, 0.3) is 0 Å². The molecule has 9 heteroatoms. The van der Waals surface area contributed by atoms with Crippen LogP contribution in [0.1, 0.15) is 37.7 Å². The highest BCUT2D eigenvalue weighted by atomic mass is 19.4. The van der Waals surface area contributed by atoms with Crippen LogP contribution in [0.15, 0.2) is 29.3 Å². The molecule has 0 saturated carbocycles. The van der Waals surface area contributed by atoms with E-state index in [0.29, 0.717) is 19.6 Å². The van der Waals surface area contributed by atoms with Gasteiger partial charge in [0.15, 0.2) is 5.96 Å². The summed E-state index contributed by atoms with van der Waals surface area (Å²) in [7, 11) is 1.76. The number of benzene rings is 1. The topological polar surface area (TPSA) is 55.3 Å². The first-order chi connectivity index (χ1) is 14.9. The standard InChI is InChI=1S/C22H32F3N3O3/c1-26-21(27-12-9-17-5-7-19(8-6-17)31-22(23,24)25)28-13-10-18(11-14-28)30-16-20-4-2-3-15-29-20/h5-8,18,20H,2-4,9-16H2,1H3,(H,26,27). The molecule has 0 bridgehead atoms. The molecule has 174 valence electrons. The molecule has 2 heterocycles. The van der Waals surface area contributed by atoms with E-state index in [9.17, 15) is 13.2 Å². The van der Waals surface area contributed by atoms with Gasteiger partial charge < -0.3 is 24.4 Å². The molecule has 0 radical (unpaired) electrons. The van der Waals surface area contributed by atoms with Crippen molar-refractivity contribution < 1.29 is 27.4 Å². The number of hydrogen-bond donors (Lipinski definition) is 1. The Balaban J connectivity index is 1.35. The van der Waals surface area contributed by atoms with Gasteiger partial charge in [0.2, 0.25) is 0 Å². The molecule has 31 heavy (non-hydrogen) atoms. The van der Waals surface area contributed by atoms with E-state index in [4.69, 9.17) is 9.47 Å². The molecule has 0 spiro atoms. The van der Waals surface area contributed by atoms with Crippen molar-refractivity contribution in [3.05, 3.63) is 29.8 Å². The van der Waals surface area contributed by atoms with Crippen LogP contribution < -0.4 is 10.1 Å². The van der Waals surface area contributed by atoms with Gasteiger partial charge in [-0.15, -0.1) is 13.2 Å². The minimum atomic E-state index is -4.67. The van der Waals surface area contributed by atoms with Crippen LogP contribution in [0.3, 0.4) is 0 Å². The molecule has 0 aromatic heterocycles. The van der Waals surface area contributed by atoms with E-state index in [1.807, 2.05) is 0 Å². The zero-order valence-electron chi connectivity index (χ0n) is 18.0. The van der Waals surface area contributed by atoms with Gasteiger partial charge in [-0.1, -0.05) is 12.1 Å². The number of halogens is 3. The minimum absolute atomic E-state index is 0.208. The molecule has 2 saturated heterocycles. The summed E-state index contributed by atoms with van der Waals surface area (Å²) in [6, 6.07) is 5.95. The van der Waals surface area contributed by atoms with Crippen LogP contribution in [0.2, 0.25) is 0 Å². The van der Waals surface area contributed by atoms with Crippen molar-refractivity contribution in [3.8, 4) is 5.75 Å². The molecule has 1 aromatic rings. The number of alkyl halides is 3. The summed E-state index contributed by atoms with van der Waals surface area (Å²) in [6.07, 6.45) is 1.88. The van der Waals surface area contributed by atoms with Crippen LogP contribution in [0.5, 0.6) is 5.75 Å². The summed E-state index contributed by atoms with van der Waals surface area (Å²) in [5.41, 5.74) is 0.925. The largest absolute Gasteiger partial charge is 0.573 e. The van der Waals surface area contributed by atoms with Gasteiger partial charge in [-0.3, -0.25) is 4.99 Å². The lowest BCUT2D eigenvalue weighted by Gasteiger charge is -2.35. The third kappa shape index (κ3) is 8.22. The molecule has 2 fully saturated rings. The molecule has 3 rings (SSSR count). The van der Waals surface area contributed by atoms with Crippen molar-refractivity contribution in [2.45, 2.75) is 57.1 Å². The molecular formula is C22H32F3N3O3. The average Bonchev–Trinajstić information content (AvgIpc) is 2.77. The Kier molecular flexibility index (Phi) is 8.83. The third-order valence-corrected chi connectivity index (χ3v) is 5.60. The van der Waals surface area contributed by atoms with Crippen LogP contribution in [0, 0.1) is 0 Å². The van der Waals surface area contributed by atoms with Gasteiger partial charge in [-0.05, 0) is 56.2 Å². The third-order valence-electron chi connectivity index (χ3n) is 5.60. The Morgan fingerprint density at radius 2 is 1.90 bits per heavy atom. The molecule has 1 N–H and O–H groups in total. The van der Waals surface area contributed by atoms with E-state index in [2.05, 4.69) is 19.9 Å². The molecule has 2 aliphatic rings. The molecule has 6 nitrogen and oxygen atoms in total. The number of aliphatic imine (C=N–C) groups is 1. The van der Waals surface area contributed by atoms with E-state index in [0.717, 1.165) is 56.9 Å². The van der Waals surface area contributed by atoms with Gasteiger partial charge in [-0.25, -0.2) is 0 Å². The fourth-order valence-electron chi connectivity index (χ4n) is 3.93. The fraction of sp³-hybridized carbons (Fsp3) is 0.682. The highest BCUT2D eigenvalue weighted by molar-refractivity contribution is 5.79. The zero-order valence-corrected chi connectivity index (χ0v) is 18.0. The molecule has 0 amide bonds. The van der Waals surface area contributed by atoms with Crippen LogP contribution >= 0.6 is 0 Å². The van der Waals surface area contributed by atoms with Gasteiger partial charge >= 0.3 is 6.36 Å². The van der Waals surface area contributed by atoms with Crippen LogP contribution in [0.4, 0.5) is 13.2 Å². The first-order valence-electron chi connectivity index (χ1n) is 11.0. The molecule has 0 aliphatic carbocycles. The quantitative estimate of drug-likeness (QED) is 0.514. The SMILES string of the molecule is CN=C(NCCc1ccc(OC(F)(F)F)cc1)N1CCC(OCC2CCCCO2)CC1. The van der Waals surface area contributed by atoms with Crippen LogP contribution in [0.25, 0.3) is 0 Å². The van der Waals surface area contributed by atoms with Crippen LogP contribution in [-0.4, -0.2) is 69.3 Å². The zero-order chi connectivity index (χ0) is 22.1. The van der Waals surface area contributed by atoms with E-state index in [-0.39, 0.29) is 18.0 Å². The number of hydrogen-bond acceptors (Lipinski definition) is 4. The minimum Gasteiger partial charge on any atom is -0.406 e. The van der Waals surface area contributed by atoms with E-state index >= 15 is 0 Å². The lowest BCUT2D eigenvalue weighted by Crippen LogP contribution is -2.47. The Labute approximate surface area is 181 Å². The first kappa shape index (κ1) is 23.7. The number of piperidine rings is 1. The fourth-order valence-corrected chi connectivity index (χ4v) is 3.93. The molecule has 1 aromatic carbocycles. The predicted molar refractivity (Wildman–Crippen MR) is 112 cm³/mol. The number of ether oxygens (including phenoxy) is 3. The summed E-state index contributed by atoms with van der Waals surface area (Å²) < 4.78 is 52.4. The number of guanidine groups is 1. The second-order valence-corrected chi connectivity index (χ2v) is 7.92. The number of likely N-dealkylation sites (tertiary alicyclic amines) is 1. The molecule has 1 atom stereocenters. The summed E-state index contributed by atoms with van der Waals surface area (Å²) in [5.74, 6) is 0.631. The van der Waals surface area contributed by atoms with Crippen molar-refractivity contribution in [1.82, 2.24) is 10.2 Å². The van der Waals surface area contributed by atoms with E-state index in [1.54, 1.807) is 19.2 Å². The Morgan fingerprint density at radius 1 is 1.16 bits per heavy atom. The lowest BCUT2D eigenvalue weighted by atomic mass is 10.1. The number of rotatable bonds is 7. The second kappa shape index (κ2) is 11.6. The number of nitrogens with zero attached hydrogens (tertiary/aromatic N) is 2. The van der Waals surface area contributed by atoms with Crippen molar-refractivity contribution in [1.29, 1.82) is 0 Å². The summed E-state index contributed by atoms with van der Waals surface area (Å²) in [4.78, 5) is 6.59. The van der Waals surface area contributed by atoms with Crippen LogP contribution in [-0.2, 0) is 15.9 Å². The van der Waals surface area contributed by atoms with E-state index in [1.165, 1.54) is 18.6 Å². The van der Waals surface area contributed by atoms with Gasteiger partial charge in [0.1, 0.15) is 5.75 Å². The van der Waals surface area contributed by atoms with Gasteiger partial charge in [0.05, 0.1) is 18.8 Å². The van der Waals surface area contributed by atoms with Crippen molar-refractivity contribution >= 4 is 5.96 Å². The van der Waals surface area contributed by atoms with E-state index < -0.39 is 6.36 Å². The molecular weight excluding hydrogens is 411 g/mol. The average molecular weight is 444 g/mol. The monoisotopic (exact) mass is 443 g/mol. The maximum Gasteiger partial charge on any atom is 0.573 e. The smallest absolute Gasteiger partial charge is 0.406 e. The number of nitrogens with one attached hydrogen (secondary N) is 1. The Bertz CT molecular complexity index is 683. The summed E-state index contributed by atoms with van der Waals surface area (Å²) in [5, 5.41) is 3.34. The maximum atomic E-state index is 12.2. The summed E-state index contributed by atoms with van der Waals surface area (Å²) >= 11 is 0. The second-order valence-electron chi connectivity index (χ2n) is 7.92. The van der Waals surface area contributed by atoms with Gasteiger partial charge in [0, 0.05) is 33.3 Å². The normalized spacial score (nSPS) is 21.2. The molecule has 2 aliphatic heterocycles. The summed E-state index contributed by atoms with van der Waals surface area (Å²) in [6.45, 7) is 3.92. The van der Waals surface area contributed by atoms with Crippen molar-refractivity contribution in [2.75, 3.05) is 39.9 Å². The van der Waals surface area contributed by atoms with Crippen molar-refractivity contribution in [2.24, 2.45) is 4.99 Å². The first-order valence-corrected chi connectivity index (χ1v) is 11.0. The lowest BCUT2D eigenvalue weighted by molar-refractivity contribution is -0.274. The Hall–Kier alpha value is -2.00. The maximum absolute atomic E-state index is 12.2. The predicted octanol–water partition coefficient (Wildman–Crippen LogP) is 3.75. The Morgan fingerprint density at radius 3 is 2.52 bits per heavy atom. The van der Waals surface area contributed by atoms with Crippen molar-refractivity contribution in [3.63, 3.8) is 0 Å². The van der Waals surface area contributed by atoms with Gasteiger partial charge in [-0.2, -0.15) is 0 Å². The highest BCUT2D eigenvalue weighted by Gasteiger charge is 2.31. The highest BCUT2D eigenvalue weighted by Crippen LogP contribution is 2.23.